The van der Waals surface area contributed by atoms with Crippen molar-refractivity contribution in [3.63, 3.8) is 0 Å². The van der Waals surface area contributed by atoms with Crippen LogP contribution in [0.3, 0.4) is 0 Å². The van der Waals surface area contributed by atoms with Crippen LogP contribution in [-0.4, -0.2) is 37.6 Å². The highest BCUT2D eigenvalue weighted by molar-refractivity contribution is 5.73. The topological polar surface area (TPSA) is 44.4 Å². The zero-order valence-electron chi connectivity index (χ0n) is 10.1. The predicted molar refractivity (Wildman–Crippen MR) is 67.7 cm³/mol. The summed E-state index contributed by atoms with van der Waals surface area (Å²) >= 11 is 0. The Morgan fingerprint density at radius 1 is 1.29 bits per heavy atom. The molecule has 4 nitrogen and oxygen atoms in total. The minimum atomic E-state index is -0.0802. The summed E-state index contributed by atoms with van der Waals surface area (Å²) in [5, 5.41) is 5.75. The molecule has 2 amide bonds. The molecule has 1 aromatic rings. The van der Waals surface area contributed by atoms with Crippen LogP contribution in [0.5, 0.6) is 0 Å². The van der Waals surface area contributed by atoms with Gasteiger partial charge in [-0.15, -0.1) is 0 Å². The van der Waals surface area contributed by atoms with Crippen molar-refractivity contribution in [1.82, 2.24) is 15.5 Å². The van der Waals surface area contributed by atoms with Gasteiger partial charge in [0, 0.05) is 32.1 Å². The van der Waals surface area contributed by atoms with Crippen molar-refractivity contribution in [3.05, 3.63) is 35.9 Å². The molecule has 1 heterocycles. The Labute approximate surface area is 102 Å². The van der Waals surface area contributed by atoms with E-state index >= 15 is 0 Å². The standard InChI is InChI=1S/C13H19N3O/c1-16-9-12(10-16)8-15-13(17)14-7-11-5-3-2-4-6-11/h2-6,12H,7-10H2,1H3,(H2,14,15,17). The summed E-state index contributed by atoms with van der Waals surface area (Å²) in [5.74, 6) is 0.613. The summed E-state index contributed by atoms with van der Waals surface area (Å²) in [6.07, 6.45) is 0. The van der Waals surface area contributed by atoms with Crippen LogP contribution in [0.4, 0.5) is 4.79 Å². The second-order valence-electron chi connectivity index (χ2n) is 4.64. The van der Waals surface area contributed by atoms with Gasteiger partial charge in [-0.25, -0.2) is 4.79 Å². The molecule has 1 aliphatic rings. The first-order valence-electron chi connectivity index (χ1n) is 5.98. The maximum atomic E-state index is 11.5. The van der Waals surface area contributed by atoms with Crippen molar-refractivity contribution in [2.45, 2.75) is 6.54 Å². The summed E-state index contributed by atoms with van der Waals surface area (Å²) in [7, 11) is 2.09. The summed E-state index contributed by atoms with van der Waals surface area (Å²) < 4.78 is 0. The van der Waals surface area contributed by atoms with Gasteiger partial charge in [-0.1, -0.05) is 30.3 Å². The molecular weight excluding hydrogens is 214 g/mol. The predicted octanol–water partition coefficient (Wildman–Crippen LogP) is 1.05. The number of nitrogens with one attached hydrogen (secondary N) is 2. The van der Waals surface area contributed by atoms with E-state index < -0.39 is 0 Å². The van der Waals surface area contributed by atoms with E-state index in [9.17, 15) is 4.79 Å². The summed E-state index contributed by atoms with van der Waals surface area (Å²) in [5.41, 5.74) is 1.12. The highest BCUT2D eigenvalue weighted by Gasteiger charge is 2.22. The van der Waals surface area contributed by atoms with Crippen molar-refractivity contribution in [2.24, 2.45) is 5.92 Å². The quantitative estimate of drug-likeness (QED) is 0.816. The Hall–Kier alpha value is -1.55. The number of hydrogen-bond donors (Lipinski definition) is 2. The van der Waals surface area contributed by atoms with E-state index in [4.69, 9.17) is 0 Å². The van der Waals surface area contributed by atoms with Crippen molar-refractivity contribution < 1.29 is 4.79 Å². The van der Waals surface area contributed by atoms with Gasteiger partial charge in [0.2, 0.25) is 0 Å². The molecule has 4 heteroatoms. The highest BCUT2D eigenvalue weighted by atomic mass is 16.2. The van der Waals surface area contributed by atoms with Crippen LogP contribution in [0.2, 0.25) is 0 Å². The summed E-state index contributed by atoms with van der Waals surface area (Å²) in [6.45, 7) is 3.51. The monoisotopic (exact) mass is 233 g/mol. The third-order valence-electron chi connectivity index (χ3n) is 2.99. The van der Waals surface area contributed by atoms with Crippen LogP contribution in [0.15, 0.2) is 30.3 Å². The third kappa shape index (κ3) is 3.75. The van der Waals surface area contributed by atoms with Crippen LogP contribution in [0, 0.1) is 5.92 Å². The lowest BCUT2D eigenvalue weighted by Gasteiger charge is -2.36. The largest absolute Gasteiger partial charge is 0.338 e. The summed E-state index contributed by atoms with van der Waals surface area (Å²) in [6, 6.07) is 9.83. The SMILES string of the molecule is CN1CC(CNC(=O)NCc2ccccc2)C1. The average Bonchev–Trinajstić information content (AvgIpc) is 2.32. The van der Waals surface area contributed by atoms with Crippen LogP contribution >= 0.6 is 0 Å². The number of likely N-dealkylation sites (tertiary alicyclic amines) is 1. The van der Waals surface area contributed by atoms with E-state index in [1.165, 1.54) is 0 Å². The smallest absolute Gasteiger partial charge is 0.315 e. The minimum Gasteiger partial charge on any atom is -0.338 e. The maximum absolute atomic E-state index is 11.5. The molecule has 0 aromatic heterocycles. The molecule has 17 heavy (non-hydrogen) atoms. The number of amides is 2. The first-order chi connectivity index (χ1) is 8.24. The van der Waals surface area contributed by atoms with Crippen LogP contribution in [0.1, 0.15) is 5.56 Å². The van der Waals surface area contributed by atoms with Gasteiger partial charge in [-0.3, -0.25) is 0 Å². The Morgan fingerprint density at radius 2 is 2.00 bits per heavy atom. The molecule has 0 aliphatic carbocycles. The zero-order chi connectivity index (χ0) is 12.1. The van der Waals surface area contributed by atoms with Crippen molar-refractivity contribution in [2.75, 3.05) is 26.7 Å². The average molecular weight is 233 g/mol. The molecular formula is C13H19N3O. The van der Waals surface area contributed by atoms with Crippen molar-refractivity contribution >= 4 is 6.03 Å². The maximum Gasteiger partial charge on any atom is 0.315 e. The van der Waals surface area contributed by atoms with Gasteiger partial charge in [0.15, 0.2) is 0 Å². The Morgan fingerprint density at radius 3 is 2.65 bits per heavy atom. The molecule has 2 N–H and O–H groups in total. The molecule has 1 saturated heterocycles. The number of nitrogens with zero attached hydrogens (tertiary/aromatic N) is 1. The molecule has 0 spiro atoms. The van der Waals surface area contributed by atoms with Crippen molar-refractivity contribution in [3.8, 4) is 0 Å². The molecule has 2 rings (SSSR count). The van der Waals surface area contributed by atoms with E-state index in [0.717, 1.165) is 25.2 Å². The first kappa shape index (κ1) is 11.9. The second-order valence-corrected chi connectivity index (χ2v) is 4.64. The molecule has 0 unspecified atom stereocenters. The van der Waals surface area contributed by atoms with E-state index in [0.29, 0.717) is 12.5 Å². The number of benzene rings is 1. The normalized spacial score (nSPS) is 16.3. The third-order valence-corrected chi connectivity index (χ3v) is 2.99. The second kappa shape index (κ2) is 5.68. The molecule has 1 aromatic carbocycles. The number of carbonyl (C=O) groups is 1. The fourth-order valence-corrected chi connectivity index (χ4v) is 2.03. The minimum absolute atomic E-state index is 0.0802. The first-order valence-corrected chi connectivity index (χ1v) is 5.98. The molecule has 0 saturated carbocycles. The van der Waals surface area contributed by atoms with Gasteiger partial charge in [0.05, 0.1) is 0 Å². The molecule has 92 valence electrons. The van der Waals surface area contributed by atoms with E-state index in [1.807, 2.05) is 30.3 Å². The Bertz CT molecular complexity index is 360. The van der Waals surface area contributed by atoms with Gasteiger partial charge in [0.1, 0.15) is 0 Å². The lowest BCUT2D eigenvalue weighted by molar-refractivity contribution is 0.134. The number of rotatable bonds is 4. The van der Waals surface area contributed by atoms with Crippen LogP contribution < -0.4 is 10.6 Å². The fraction of sp³-hybridized carbons (Fsp3) is 0.462. The van der Waals surface area contributed by atoms with Gasteiger partial charge in [-0.05, 0) is 12.6 Å². The van der Waals surface area contributed by atoms with E-state index in [2.05, 4.69) is 22.6 Å². The van der Waals surface area contributed by atoms with E-state index in [1.54, 1.807) is 0 Å². The Kier molecular flexibility index (Phi) is 3.98. The van der Waals surface area contributed by atoms with Crippen LogP contribution in [-0.2, 0) is 6.54 Å². The fourth-order valence-electron chi connectivity index (χ4n) is 2.03. The molecule has 0 atom stereocenters. The number of urea groups is 1. The lowest BCUT2D eigenvalue weighted by Crippen LogP contribution is -2.50. The lowest BCUT2D eigenvalue weighted by atomic mass is 10.0. The summed E-state index contributed by atoms with van der Waals surface area (Å²) in [4.78, 5) is 13.8. The van der Waals surface area contributed by atoms with Gasteiger partial charge >= 0.3 is 6.03 Å². The highest BCUT2D eigenvalue weighted by Crippen LogP contribution is 2.10. The number of carbonyl (C=O) groups excluding carboxylic acids is 1. The van der Waals surface area contributed by atoms with Gasteiger partial charge < -0.3 is 15.5 Å². The zero-order valence-corrected chi connectivity index (χ0v) is 10.1. The molecule has 1 aliphatic heterocycles. The van der Waals surface area contributed by atoms with Gasteiger partial charge in [0.25, 0.3) is 0 Å². The van der Waals surface area contributed by atoms with E-state index in [-0.39, 0.29) is 6.03 Å². The van der Waals surface area contributed by atoms with Crippen LogP contribution in [0.25, 0.3) is 0 Å². The number of hydrogen-bond acceptors (Lipinski definition) is 2. The van der Waals surface area contributed by atoms with Gasteiger partial charge in [-0.2, -0.15) is 0 Å². The molecule has 0 bridgehead atoms. The Balaban J connectivity index is 1.61. The molecule has 0 radical (unpaired) electrons. The molecule has 1 fully saturated rings. The van der Waals surface area contributed by atoms with Crippen molar-refractivity contribution in [1.29, 1.82) is 0 Å².